The summed E-state index contributed by atoms with van der Waals surface area (Å²) < 4.78 is 12.3. The van der Waals surface area contributed by atoms with E-state index in [0.29, 0.717) is 0 Å². The Bertz CT molecular complexity index is 213. The molecular formula is C9H18ClOP. The third-order valence-corrected chi connectivity index (χ3v) is 9.44. The van der Waals surface area contributed by atoms with E-state index in [1.165, 1.54) is 0 Å². The molecule has 0 aromatic rings. The van der Waals surface area contributed by atoms with Crippen molar-refractivity contribution in [1.82, 2.24) is 0 Å². The van der Waals surface area contributed by atoms with E-state index in [1.807, 2.05) is 27.7 Å². The van der Waals surface area contributed by atoms with Gasteiger partial charge in [0.2, 0.25) is 0 Å². The summed E-state index contributed by atoms with van der Waals surface area (Å²) in [5, 5.41) is -0.341. The zero-order valence-electron chi connectivity index (χ0n) is 8.35. The molecule has 0 bridgehead atoms. The van der Waals surface area contributed by atoms with Crippen LogP contribution in [-0.4, -0.2) is 10.3 Å². The number of halogens is 1. The fraction of sp³-hybridized carbons (Fsp3) is 1.00. The van der Waals surface area contributed by atoms with E-state index in [4.69, 9.17) is 11.2 Å². The van der Waals surface area contributed by atoms with Crippen molar-refractivity contribution in [2.75, 3.05) is 0 Å². The van der Waals surface area contributed by atoms with Gasteiger partial charge in [-0.25, -0.2) is 0 Å². The Labute approximate surface area is 80.0 Å². The van der Waals surface area contributed by atoms with Crippen LogP contribution < -0.4 is 0 Å². The minimum absolute atomic E-state index is 0.170. The molecule has 0 aromatic heterocycles. The van der Waals surface area contributed by atoms with Crippen LogP contribution in [0.3, 0.4) is 0 Å². The molecule has 1 rings (SSSR count). The highest BCUT2D eigenvalue weighted by molar-refractivity contribution is 7.91. The van der Waals surface area contributed by atoms with E-state index in [1.54, 1.807) is 0 Å². The Balaban J connectivity index is 3.08. The van der Waals surface area contributed by atoms with E-state index >= 15 is 0 Å². The minimum Gasteiger partial charge on any atom is -0.306 e. The molecule has 0 atom stereocenters. The van der Waals surface area contributed by atoms with Crippen molar-refractivity contribution in [1.29, 1.82) is 0 Å². The topological polar surface area (TPSA) is 17.1 Å². The highest BCUT2D eigenvalue weighted by Crippen LogP contribution is 2.75. The molecule has 3 heteroatoms. The smallest absolute Gasteiger partial charge is 0.180 e. The van der Waals surface area contributed by atoms with Gasteiger partial charge in [0.1, 0.15) is 0 Å². The lowest BCUT2D eigenvalue weighted by atomic mass is 9.98. The van der Waals surface area contributed by atoms with Gasteiger partial charge in [-0.1, -0.05) is 45.4 Å². The van der Waals surface area contributed by atoms with Crippen LogP contribution in [0.25, 0.3) is 0 Å². The third-order valence-electron chi connectivity index (χ3n) is 3.13. The average Bonchev–Trinajstić information content (AvgIpc) is 1.83. The normalized spacial score (nSPS) is 31.4. The third kappa shape index (κ3) is 1.36. The zero-order chi connectivity index (χ0) is 9.62. The Morgan fingerprint density at radius 3 is 1.67 bits per heavy atom. The maximum atomic E-state index is 12.3. The predicted molar refractivity (Wildman–Crippen MR) is 55.5 cm³/mol. The summed E-state index contributed by atoms with van der Waals surface area (Å²) in [4.78, 5) is 0. The molecule has 1 aliphatic rings. The first kappa shape index (κ1) is 10.6. The van der Waals surface area contributed by atoms with E-state index in [0.717, 1.165) is 19.3 Å². The van der Waals surface area contributed by atoms with Gasteiger partial charge in [-0.2, -0.15) is 0 Å². The van der Waals surface area contributed by atoms with Gasteiger partial charge in [-0.05, 0) is 12.8 Å². The molecule has 0 spiro atoms. The van der Waals surface area contributed by atoms with Crippen LogP contribution >= 0.6 is 17.7 Å². The zero-order valence-corrected chi connectivity index (χ0v) is 10.0. The molecule has 1 nitrogen and oxygen atoms in total. The summed E-state index contributed by atoms with van der Waals surface area (Å²) in [6, 6.07) is 0. The summed E-state index contributed by atoms with van der Waals surface area (Å²) >= 11 is 6.21. The highest BCUT2D eigenvalue weighted by atomic mass is 35.7. The molecule has 1 aliphatic heterocycles. The lowest BCUT2D eigenvalue weighted by Crippen LogP contribution is -2.35. The van der Waals surface area contributed by atoms with Crippen molar-refractivity contribution < 1.29 is 4.57 Å². The average molecular weight is 209 g/mol. The SMILES string of the molecule is CC1(C)CCCC(C)(C)P1(=O)Cl. The van der Waals surface area contributed by atoms with Gasteiger partial charge in [0.05, 0.1) is 0 Å². The maximum absolute atomic E-state index is 12.3. The lowest BCUT2D eigenvalue weighted by Gasteiger charge is -2.45. The summed E-state index contributed by atoms with van der Waals surface area (Å²) in [5.41, 5.74) is 0. The maximum Gasteiger partial charge on any atom is 0.180 e. The Morgan fingerprint density at radius 2 is 1.42 bits per heavy atom. The van der Waals surface area contributed by atoms with Gasteiger partial charge in [0, 0.05) is 10.3 Å². The monoisotopic (exact) mass is 208 g/mol. The second-order valence-electron chi connectivity index (χ2n) is 5.01. The van der Waals surface area contributed by atoms with E-state index in [9.17, 15) is 4.57 Å². The Morgan fingerprint density at radius 1 is 1.08 bits per heavy atom. The van der Waals surface area contributed by atoms with Crippen LogP contribution in [0.5, 0.6) is 0 Å². The lowest BCUT2D eigenvalue weighted by molar-refractivity contribution is 0.424. The fourth-order valence-electron chi connectivity index (χ4n) is 2.06. The van der Waals surface area contributed by atoms with Gasteiger partial charge >= 0.3 is 0 Å². The second kappa shape index (κ2) is 2.75. The highest BCUT2D eigenvalue weighted by Gasteiger charge is 2.52. The Hall–Kier alpha value is 0.520. The summed E-state index contributed by atoms with van der Waals surface area (Å²) in [6.07, 6.45) is 3.14. The molecule has 0 saturated carbocycles. The first-order valence-electron chi connectivity index (χ1n) is 4.51. The van der Waals surface area contributed by atoms with Crippen molar-refractivity contribution >= 4 is 17.7 Å². The minimum atomic E-state index is -2.52. The molecule has 0 radical (unpaired) electrons. The van der Waals surface area contributed by atoms with Crippen LogP contribution in [0.15, 0.2) is 0 Å². The molecule has 1 fully saturated rings. The second-order valence-corrected chi connectivity index (χ2v) is 9.93. The largest absolute Gasteiger partial charge is 0.306 e. The molecule has 0 unspecified atom stereocenters. The van der Waals surface area contributed by atoms with Gasteiger partial charge in [-0.3, -0.25) is 0 Å². The summed E-state index contributed by atoms with van der Waals surface area (Å²) in [7, 11) is 0. The molecule has 0 aliphatic carbocycles. The van der Waals surface area contributed by atoms with Crippen molar-refractivity contribution in [2.24, 2.45) is 0 Å². The van der Waals surface area contributed by atoms with Gasteiger partial charge in [-0.15, -0.1) is 0 Å². The molecule has 1 heterocycles. The van der Waals surface area contributed by atoms with E-state index < -0.39 is 6.49 Å². The molecule has 0 amide bonds. The van der Waals surface area contributed by atoms with Gasteiger partial charge in [0.15, 0.2) is 6.49 Å². The van der Waals surface area contributed by atoms with E-state index in [2.05, 4.69) is 0 Å². The van der Waals surface area contributed by atoms with Crippen LogP contribution in [0.1, 0.15) is 47.0 Å². The molecule has 0 aromatic carbocycles. The van der Waals surface area contributed by atoms with Crippen molar-refractivity contribution in [3.63, 3.8) is 0 Å². The quantitative estimate of drug-likeness (QED) is 0.544. The van der Waals surface area contributed by atoms with Gasteiger partial charge < -0.3 is 4.57 Å². The predicted octanol–water partition coefficient (Wildman–Crippen LogP) is 4.24. The molecule has 72 valence electrons. The fourth-order valence-corrected chi connectivity index (χ4v) is 5.10. The standard InChI is InChI=1S/C9H18ClOP/c1-8(2)6-5-7-9(3,4)12(8,10)11/h5-7H2,1-4H3. The number of rotatable bonds is 0. The summed E-state index contributed by atoms with van der Waals surface area (Å²) in [5.74, 6) is 0. The van der Waals surface area contributed by atoms with Crippen LogP contribution in [-0.2, 0) is 4.57 Å². The first-order valence-corrected chi connectivity index (χ1v) is 7.12. The molecular weight excluding hydrogens is 191 g/mol. The summed E-state index contributed by atoms with van der Waals surface area (Å²) in [6.45, 7) is 5.60. The van der Waals surface area contributed by atoms with Crippen LogP contribution in [0, 0.1) is 0 Å². The van der Waals surface area contributed by atoms with E-state index in [-0.39, 0.29) is 10.3 Å². The first-order chi connectivity index (χ1) is 5.21. The van der Waals surface area contributed by atoms with Crippen LogP contribution in [0.2, 0.25) is 0 Å². The molecule has 0 N–H and O–H groups in total. The number of hydrogen-bond donors (Lipinski definition) is 0. The number of hydrogen-bond acceptors (Lipinski definition) is 1. The molecule has 12 heavy (non-hydrogen) atoms. The van der Waals surface area contributed by atoms with Crippen molar-refractivity contribution in [3.8, 4) is 0 Å². The van der Waals surface area contributed by atoms with Crippen molar-refractivity contribution in [2.45, 2.75) is 57.3 Å². The Kier molecular flexibility index (Phi) is 2.43. The van der Waals surface area contributed by atoms with Crippen molar-refractivity contribution in [3.05, 3.63) is 0 Å². The van der Waals surface area contributed by atoms with Gasteiger partial charge in [0.25, 0.3) is 0 Å². The van der Waals surface area contributed by atoms with Crippen LogP contribution in [0.4, 0.5) is 0 Å². The molecule has 1 saturated heterocycles.